The third-order valence-electron chi connectivity index (χ3n) is 3.38. The van der Waals surface area contributed by atoms with Crippen molar-refractivity contribution in [3.05, 3.63) is 63.6 Å². The lowest BCUT2D eigenvalue weighted by atomic mass is 10.1. The van der Waals surface area contributed by atoms with E-state index in [4.69, 9.17) is 10.5 Å². The Labute approximate surface area is 135 Å². The molecule has 0 amide bonds. The van der Waals surface area contributed by atoms with Gasteiger partial charge in [-0.05, 0) is 64.5 Å². The molecule has 0 aliphatic rings. The fraction of sp³-hybridized carbons (Fsp3) is 0.333. The molecule has 2 N–H and O–H groups in total. The SMILES string of the molecule is CCc1ccc(COc2ccc(CC(C)N)cc2Br)cc1. The van der Waals surface area contributed by atoms with Gasteiger partial charge in [0.15, 0.2) is 0 Å². The number of benzene rings is 2. The average molecular weight is 348 g/mol. The molecule has 1 unspecified atom stereocenters. The van der Waals surface area contributed by atoms with Crippen molar-refractivity contribution in [2.75, 3.05) is 0 Å². The summed E-state index contributed by atoms with van der Waals surface area (Å²) in [5.41, 5.74) is 9.57. The smallest absolute Gasteiger partial charge is 0.134 e. The molecule has 0 saturated heterocycles. The van der Waals surface area contributed by atoms with Gasteiger partial charge in [0.05, 0.1) is 4.47 Å². The predicted octanol–water partition coefficient (Wildman–Crippen LogP) is 4.48. The van der Waals surface area contributed by atoms with Crippen LogP contribution in [-0.2, 0) is 19.4 Å². The maximum atomic E-state index is 5.88. The van der Waals surface area contributed by atoms with Gasteiger partial charge >= 0.3 is 0 Å². The van der Waals surface area contributed by atoms with Crippen molar-refractivity contribution in [2.24, 2.45) is 5.73 Å². The highest BCUT2D eigenvalue weighted by Gasteiger charge is 2.05. The van der Waals surface area contributed by atoms with Crippen molar-refractivity contribution in [3.8, 4) is 5.75 Å². The highest BCUT2D eigenvalue weighted by Crippen LogP contribution is 2.27. The van der Waals surface area contributed by atoms with E-state index in [1.165, 1.54) is 16.7 Å². The molecule has 2 nitrogen and oxygen atoms in total. The second kappa shape index (κ2) is 7.62. The van der Waals surface area contributed by atoms with Gasteiger partial charge in [0, 0.05) is 6.04 Å². The second-order valence-electron chi connectivity index (χ2n) is 5.40. The van der Waals surface area contributed by atoms with Crippen molar-refractivity contribution in [2.45, 2.75) is 39.3 Å². The number of nitrogens with two attached hydrogens (primary N) is 1. The first-order valence-corrected chi connectivity index (χ1v) is 8.12. The lowest BCUT2D eigenvalue weighted by Crippen LogP contribution is -2.17. The Morgan fingerprint density at radius 1 is 1.05 bits per heavy atom. The van der Waals surface area contributed by atoms with Crippen LogP contribution in [0.4, 0.5) is 0 Å². The van der Waals surface area contributed by atoms with E-state index in [2.05, 4.69) is 59.3 Å². The molecule has 112 valence electrons. The van der Waals surface area contributed by atoms with Crippen LogP contribution in [0.1, 0.15) is 30.5 Å². The first-order valence-electron chi connectivity index (χ1n) is 7.33. The summed E-state index contributed by atoms with van der Waals surface area (Å²) in [5, 5.41) is 0. The van der Waals surface area contributed by atoms with Crippen LogP contribution in [0.2, 0.25) is 0 Å². The normalized spacial score (nSPS) is 12.2. The number of aryl methyl sites for hydroxylation is 1. The van der Waals surface area contributed by atoms with Crippen LogP contribution in [0.3, 0.4) is 0 Å². The van der Waals surface area contributed by atoms with Gasteiger partial charge in [-0.1, -0.05) is 37.3 Å². The lowest BCUT2D eigenvalue weighted by Gasteiger charge is -2.11. The van der Waals surface area contributed by atoms with Gasteiger partial charge in [0.25, 0.3) is 0 Å². The summed E-state index contributed by atoms with van der Waals surface area (Å²) in [6.07, 6.45) is 1.94. The summed E-state index contributed by atoms with van der Waals surface area (Å²) in [5.74, 6) is 0.864. The summed E-state index contributed by atoms with van der Waals surface area (Å²) in [6.45, 7) is 4.75. The molecule has 2 aromatic rings. The molecule has 0 heterocycles. The van der Waals surface area contributed by atoms with E-state index in [1.807, 2.05) is 13.0 Å². The Hall–Kier alpha value is -1.32. The van der Waals surface area contributed by atoms with Gasteiger partial charge in [-0.2, -0.15) is 0 Å². The molecule has 0 aliphatic heterocycles. The second-order valence-corrected chi connectivity index (χ2v) is 6.26. The molecular formula is C18H22BrNO. The molecule has 3 heteroatoms. The molecule has 0 fully saturated rings. The van der Waals surface area contributed by atoms with Gasteiger partial charge in [0.1, 0.15) is 12.4 Å². The molecule has 21 heavy (non-hydrogen) atoms. The topological polar surface area (TPSA) is 35.2 Å². The number of hydrogen-bond acceptors (Lipinski definition) is 2. The van der Waals surface area contributed by atoms with Crippen LogP contribution in [0, 0.1) is 0 Å². The molecule has 0 saturated carbocycles. The Balaban J connectivity index is 1.99. The summed E-state index contributed by atoms with van der Waals surface area (Å²) < 4.78 is 6.86. The minimum atomic E-state index is 0.167. The zero-order valence-corrected chi connectivity index (χ0v) is 14.2. The zero-order valence-electron chi connectivity index (χ0n) is 12.6. The van der Waals surface area contributed by atoms with Gasteiger partial charge in [0.2, 0.25) is 0 Å². The standard InChI is InChI=1S/C18H22BrNO/c1-3-14-4-6-15(7-5-14)12-21-18-9-8-16(10-13(2)20)11-17(18)19/h4-9,11,13H,3,10,12,20H2,1-2H3. The zero-order chi connectivity index (χ0) is 15.2. The summed E-state index contributed by atoms with van der Waals surface area (Å²) in [6, 6.07) is 14.9. The van der Waals surface area contributed by atoms with E-state index in [1.54, 1.807) is 0 Å². The quantitative estimate of drug-likeness (QED) is 0.835. The van der Waals surface area contributed by atoms with Crippen molar-refractivity contribution in [3.63, 3.8) is 0 Å². The third kappa shape index (κ3) is 4.87. The molecule has 0 spiro atoms. The van der Waals surface area contributed by atoms with E-state index in [-0.39, 0.29) is 6.04 Å². The van der Waals surface area contributed by atoms with E-state index < -0.39 is 0 Å². The third-order valence-corrected chi connectivity index (χ3v) is 4.00. The van der Waals surface area contributed by atoms with Crippen LogP contribution >= 0.6 is 15.9 Å². The number of rotatable bonds is 6. The highest BCUT2D eigenvalue weighted by atomic mass is 79.9. The largest absolute Gasteiger partial charge is 0.488 e. The molecule has 2 aromatic carbocycles. The molecule has 0 radical (unpaired) electrons. The highest BCUT2D eigenvalue weighted by molar-refractivity contribution is 9.10. The number of halogens is 1. The average Bonchev–Trinajstić information content (AvgIpc) is 2.46. The summed E-state index contributed by atoms with van der Waals surface area (Å²) >= 11 is 3.57. The minimum Gasteiger partial charge on any atom is -0.488 e. The molecule has 2 rings (SSSR count). The Morgan fingerprint density at radius 2 is 1.67 bits per heavy atom. The van der Waals surface area contributed by atoms with Crippen molar-refractivity contribution < 1.29 is 4.74 Å². The van der Waals surface area contributed by atoms with Crippen molar-refractivity contribution >= 4 is 15.9 Å². The maximum absolute atomic E-state index is 5.88. The minimum absolute atomic E-state index is 0.167. The number of ether oxygens (including phenoxy) is 1. The van der Waals surface area contributed by atoms with E-state index in [0.717, 1.165) is 23.1 Å². The maximum Gasteiger partial charge on any atom is 0.134 e. The van der Waals surface area contributed by atoms with E-state index in [9.17, 15) is 0 Å². The van der Waals surface area contributed by atoms with Gasteiger partial charge in [-0.3, -0.25) is 0 Å². The van der Waals surface area contributed by atoms with Crippen molar-refractivity contribution in [1.29, 1.82) is 0 Å². The molecule has 1 atom stereocenters. The molecular weight excluding hydrogens is 326 g/mol. The lowest BCUT2D eigenvalue weighted by molar-refractivity contribution is 0.304. The monoisotopic (exact) mass is 347 g/mol. The van der Waals surface area contributed by atoms with E-state index >= 15 is 0 Å². The van der Waals surface area contributed by atoms with Gasteiger partial charge in [-0.25, -0.2) is 0 Å². The summed E-state index contributed by atoms with van der Waals surface area (Å²) in [4.78, 5) is 0. The fourth-order valence-corrected chi connectivity index (χ4v) is 2.73. The van der Waals surface area contributed by atoms with Crippen LogP contribution in [0.5, 0.6) is 5.75 Å². The fourth-order valence-electron chi connectivity index (χ4n) is 2.19. The van der Waals surface area contributed by atoms with Crippen LogP contribution in [0.15, 0.2) is 46.9 Å². The van der Waals surface area contributed by atoms with Gasteiger partial charge in [-0.15, -0.1) is 0 Å². The summed E-state index contributed by atoms with van der Waals surface area (Å²) in [7, 11) is 0. The Kier molecular flexibility index (Phi) is 5.83. The first kappa shape index (κ1) is 16.1. The van der Waals surface area contributed by atoms with Crippen LogP contribution in [-0.4, -0.2) is 6.04 Å². The van der Waals surface area contributed by atoms with Crippen molar-refractivity contribution in [1.82, 2.24) is 0 Å². The van der Waals surface area contributed by atoms with Crippen LogP contribution < -0.4 is 10.5 Å². The van der Waals surface area contributed by atoms with E-state index in [0.29, 0.717) is 6.61 Å². The molecule has 0 aromatic heterocycles. The predicted molar refractivity (Wildman–Crippen MR) is 91.6 cm³/mol. The molecule has 0 aliphatic carbocycles. The number of hydrogen-bond donors (Lipinski definition) is 1. The Morgan fingerprint density at radius 3 is 2.24 bits per heavy atom. The van der Waals surface area contributed by atoms with Gasteiger partial charge < -0.3 is 10.5 Å². The van der Waals surface area contributed by atoms with Crippen LogP contribution in [0.25, 0.3) is 0 Å². The molecule has 0 bridgehead atoms. The first-order chi connectivity index (χ1) is 10.1. The Bertz CT molecular complexity index is 578.